The zero-order chi connectivity index (χ0) is 17.9. The Labute approximate surface area is 162 Å². The molecule has 2 aliphatic rings. The van der Waals surface area contributed by atoms with Gasteiger partial charge in [0.15, 0.2) is 0 Å². The maximum atomic E-state index is 12.4. The summed E-state index contributed by atoms with van der Waals surface area (Å²) in [4.78, 5) is 14.2. The number of hydrogen-bond acceptors (Lipinski definition) is 4. The number of rotatable bonds is 5. The zero-order valence-electron chi connectivity index (χ0n) is 14.9. The fourth-order valence-electron chi connectivity index (χ4n) is 3.74. The number of benzene rings is 1. The summed E-state index contributed by atoms with van der Waals surface area (Å²) >= 11 is 0. The number of carbonyl (C=O) groups is 1. The van der Waals surface area contributed by atoms with Gasteiger partial charge in [0.25, 0.3) is 0 Å². The number of piperidine rings is 1. The monoisotopic (exact) mass is 401 g/mol. The molecule has 2 heterocycles. The molecule has 0 radical (unpaired) electrons. The van der Waals surface area contributed by atoms with Crippen LogP contribution in [0.2, 0.25) is 0 Å². The summed E-state index contributed by atoms with van der Waals surface area (Å²) in [6, 6.07) is 8.31. The molecule has 3 N–H and O–H groups in total. The van der Waals surface area contributed by atoms with Crippen molar-refractivity contribution >= 4 is 28.3 Å². The topological polar surface area (TPSA) is 92.5 Å². The quantitative estimate of drug-likeness (QED) is 0.772. The molecule has 3 rings (SSSR count). The van der Waals surface area contributed by atoms with E-state index in [-0.39, 0.29) is 18.3 Å². The highest BCUT2D eigenvalue weighted by atomic mass is 35.5. The third kappa shape index (κ3) is 5.67. The molecular weight excluding hydrogens is 374 g/mol. The second-order valence-corrected chi connectivity index (χ2v) is 9.07. The van der Waals surface area contributed by atoms with Gasteiger partial charge in [-0.1, -0.05) is 24.3 Å². The molecule has 0 aliphatic carbocycles. The first kappa shape index (κ1) is 21.2. The van der Waals surface area contributed by atoms with E-state index in [1.807, 2.05) is 12.1 Å². The SMILES string of the molecule is Cl.NS(=O)(=O)C1CCN(C(=O)Cc2ccc(CC3CCNC3)cc2)CC1. The molecule has 1 aromatic carbocycles. The molecule has 146 valence electrons. The predicted molar refractivity (Wildman–Crippen MR) is 105 cm³/mol. The van der Waals surface area contributed by atoms with Gasteiger partial charge in [-0.2, -0.15) is 0 Å². The average molecular weight is 402 g/mol. The Morgan fingerprint density at radius 2 is 1.73 bits per heavy atom. The van der Waals surface area contributed by atoms with Crippen LogP contribution in [-0.4, -0.2) is 50.7 Å². The van der Waals surface area contributed by atoms with Crippen LogP contribution in [0.25, 0.3) is 0 Å². The maximum absolute atomic E-state index is 12.4. The Kier molecular flexibility index (Phi) is 7.46. The van der Waals surface area contributed by atoms with Crippen LogP contribution in [0.1, 0.15) is 30.4 Å². The van der Waals surface area contributed by atoms with Gasteiger partial charge in [0.05, 0.1) is 11.7 Å². The minimum Gasteiger partial charge on any atom is -0.342 e. The van der Waals surface area contributed by atoms with Gasteiger partial charge in [-0.3, -0.25) is 4.79 Å². The number of nitrogens with two attached hydrogens (primary N) is 1. The summed E-state index contributed by atoms with van der Waals surface area (Å²) in [6.07, 6.45) is 3.54. The molecule has 1 unspecified atom stereocenters. The molecule has 2 fully saturated rings. The average Bonchev–Trinajstić information content (AvgIpc) is 3.09. The van der Waals surface area contributed by atoms with Crippen molar-refractivity contribution in [2.24, 2.45) is 11.1 Å². The summed E-state index contributed by atoms with van der Waals surface area (Å²) in [7, 11) is -3.49. The Morgan fingerprint density at radius 1 is 1.12 bits per heavy atom. The van der Waals surface area contributed by atoms with Crippen molar-refractivity contribution < 1.29 is 13.2 Å². The Balaban J connectivity index is 0.00000243. The molecule has 1 atom stereocenters. The molecule has 0 aromatic heterocycles. The molecule has 1 aromatic rings. The lowest BCUT2D eigenvalue weighted by atomic mass is 9.97. The molecular formula is C18H28ClN3O3S. The van der Waals surface area contributed by atoms with Gasteiger partial charge >= 0.3 is 0 Å². The second-order valence-electron chi connectivity index (χ2n) is 7.23. The number of nitrogens with one attached hydrogen (secondary N) is 1. The number of amides is 1. The largest absolute Gasteiger partial charge is 0.342 e. The second kappa shape index (κ2) is 9.17. The molecule has 1 amide bonds. The number of nitrogens with zero attached hydrogens (tertiary/aromatic N) is 1. The third-order valence-corrected chi connectivity index (χ3v) is 6.73. The van der Waals surface area contributed by atoms with E-state index in [1.165, 1.54) is 12.0 Å². The summed E-state index contributed by atoms with van der Waals surface area (Å²) in [5.41, 5.74) is 2.32. The van der Waals surface area contributed by atoms with Crippen molar-refractivity contribution in [1.82, 2.24) is 10.2 Å². The van der Waals surface area contributed by atoms with Crippen LogP contribution in [-0.2, 0) is 27.7 Å². The van der Waals surface area contributed by atoms with Gasteiger partial charge in [0.1, 0.15) is 0 Å². The summed E-state index contributed by atoms with van der Waals surface area (Å²) in [5, 5.41) is 8.06. The van der Waals surface area contributed by atoms with E-state index in [1.54, 1.807) is 4.90 Å². The number of hydrogen-bond donors (Lipinski definition) is 2. The van der Waals surface area contributed by atoms with Gasteiger partial charge < -0.3 is 10.2 Å². The van der Waals surface area contributed by atoms with Gasteiger partial charge in [0, 0.05) is 13.1 Å². The van der Waals surface area contributed by atoms with Crippen LogP contribution < -0.4 is 10.5 Å². The Hall–Kier alpha value is -1.15. The fourth-order valence-corrected chi connectivity index (χ4v) is 4.60. The minimum absolute atomic E-state index is 0. The number of likely N-dealkylation sites (tertiary alicyclic amines) is 1. The van der Waals surface area contributed by atoms with Gasteiger partial charge in [0.2, 0.25) is 15.9 Å². The number of primary sulfonamides is 1. The van der Waals surface area contributed by atoms with E-state index in [4.69, 9.17) is 5.14 Å². The zero-order valence-corrected chi connectivity index (χ0v) is 16.5. The van der Waals surface area contributed by atoms with E-state index in [9.17, 15) is 13.2 Å². The lowest BCUT2D eigenvalue weighted by molar-refractivity contribution is -0.131. The summed E-state index contributed by atoms with van der Waals surface area (Å²) < 4.78 is 22.8. The molecule has 6 nitrogen and oxygen atoms in total. The highest BCUT2D eigenvalue weighted by molar-refractivity contribution is 7.89. The molecule has 2 aliphatic heterocycles. The van der Waals surface area contributed by atoms with Crippen molar-refractivity contribution in [1.29, 1.82) is 0 Å². The van der Waals surface area contributed by atoms with Crippen molar-refractivity contribution in [3.05, 3.63) is 35.4 Å². The number of carbonyl (C=O) groups excluding carboxylic acids is 1. The lowest BCUT2D eigenvalue weighted by Gasteiger charge is -2.31. The van der Waals surface area contributed by atoms with Crippen LogP contribution in [0.4, 0.5) is 0 Å². The standard InChI is InChI=1S/C18H27N3O3S.ClH/c19-25(23,24)17-6-9-21(10-7-17)18(22)12-15-3-1-14(2-4-15)11-16-5-8-20-13-16;/h1-4,16-17,20H,5-13H2,(H2,19,23,24);1H. The van der Waals surface area contributed by atoms with Crippen LogP contribution in [0.15, 0.2) is 24.3 Å². The van der Waals surface area contributed by atoms with E-state index in [0.717, 1.165) is 25.1 Å². The van der Waals surface area contributed by atoms with Gasteiger partial charge in [-0.25, -0.2) is 13.6 Å². The molecule has 0 bridgehead atoms. The van der Waals surface area contributed by atoms with Gasteiger partial charge in [-0.05, 0) is 55.8 Å². The predicted octanol–water partition coefficient (Wildman–Crippen LogP) is 1.08. The van der Waals surface area contributed by atoms with Crippen LogP contribution in [0.3, 0.4) is 0 Å². The first-order valence-corrected chi connectivity index (χ1v) is 10.6. The van der Waals surface area contributed by atoms with Crippen molar-refractivity contribution in [3.8, 4) is 0 Å². The lowest BCUT2D eigenvalue weighted by Crippen LogP contribution is -2.44. The summed E-state index contributed by atoms with van der Waals surface area (Å²) in [5.74, 6) is 0.771. The molecule has 26 heavy (non-hydrogen) atoms. The normalized spacial score (nSPS) is 21.4. The fraction of sp³-hybridized carbons (Fsp3) is 0.611. The first-order valence-electron chi connectivity index (χ1n) is 9.00. The Bertz CT molecular complexity index is 695. The minimum atomic E-state index is -3.49. The maximum Gasteiger partial charge on any atom is 0.226 e. The van der Waals surface area contributed by atoms with Crippen LogP contribution in [0.5, 0.6) is 0 Å². The van der Waals surface area contributed by atoms with E-state index in [2.05, 4.69) is 17.4 Å². The van der Waals surface area contributed by atoms with Crippen molar-refractivity contribution in [2.75, 3.05) is 26.2 Å². The number of sulfonamides is 1. The summed E-state index contributed by atoms with van der Waals surface area (Å²) in [6.45, 7) is 3.13. The van der Waals surface area contributed by atoms with Gasteiger partial charge in [-0.15, -0.1) is 12.4 Å². The van der Waals surface area contributed by atoms with Crippen molar-refractivity contribution in [3.63, 3.8) is 0 Å². The third-order valence-electron chi connectivity index (χ3n) is 5.32. The van der Waals surface area contributed by atoms with E-state index >= 15 is 0 Å². The van der Waals surface area contributed by atoms with E-state index < -0.39 is 15.3 Å². The van der Waals surface area contributed by atoms with E-state index in [0.29, 0.717) is 38.3 Å². The molecule has 0 spiro atoms. The molecule has 2 saturated heterocycles. The molecule has 8 heteroatoms. The van der Waals surface area contributed by atoms with Crippen LogP contribution >= 0.6 is 12.4 Å². The smallest absolute Gasteiger partial charge is 0.226 e. The first-order chi connectivity index (χ1) is 11.9. The van der Waals surface area contributed by atoms with Crippen molar-refractivity contribution in [2.45, 2.75) is 37.4 Å². The van der Waals surface area contributed by atoms with Crippen LogP contribution in [0, 0.1) is 5.92 Å². The molecule has 0 saturated carbocycles. The number of halogens is 1. The highest BCUT2D eigenvalue weighted by Gasteiger charge is 2.29. The highest BCUT2D eigenvalue weighted by Crippen LogP contribution is 2.18. The Morgan fingerprint density at radius 3 is 2.27 bits per heavy atom.